The van der Waals surface area contributed by atoms with Crippen molar-refractivity contribution in [1.82, 2.24) is 15.0 Å². The van der Waals surface area contributed by atoms with Gasteiger partial charge in [0.1, 0.15) is 10.7 Å². The smallest absolute Gasteiger partial charge is 0.242 e. The highest BCUT2D eigenvalue weighted by Crippen LogP contribution is 2.27. The van der Waals surface area contributed by atoms with Gasteiger partial charge < -0.3 is 5.32 Å². The number of pyridine rings is 1. The Morgan fingerprint density at radius 2 is 2.11 bits per heavy atom. The van der Waals surface area contributed by atoms with E-state index in [1.54, 1.807) is 0 Å². The van der Waals surface area contributed by atoms with Crippen LogP contribution >= 0.6 is 0 Å². The molecule has 0 unspecified atom stereocenters. The zero-order valence-electron chi connectivity index (χ0n) is 10.8. The van der Waals surface area contributed by atoms with E-state index in [1.165, 1.54) is 0 Å². The first-order valence-electron chi connectivity index (χ1n) is 6.22. The number of halogens is 1. The zero-order chi connectivity index (χ0) is 13.9. The van der Waals surface area contributed by atoms with Gasteiger partial charge >= 0.3 is 0 Å². The normalized spacial score (nSPS) is 19.3. The lowest BCUT2D eigenvalue weighted by atomic mass is 9.81. The summed E-state index contributed by atoms with van der Waals surface area (Å²) in [4.78, 5) is 3.42. The lowest BCUT2D eigenvalue weighted by Gasteiger charge is -2.34. The molecule has 1 aliphatic rings. The summed E-state index contributed by atoms with van der Waals surface area (Å²) < 4.78 is 39.6. The molecule has 5 nitrogen and oxygen atoms in total. The number of sulfonamides is 1. The minimum atomic E-state index is -3.69. The monoisotopic (exact) mass is 287 g/mol. The van der Waals surface area contributed by atoms with Gasteiger partial charge in [0.15, 0.2) is 0 Å². The van der Waals surface area contributed by atoms with Crippen molar-refractivity contribution in [2.24, 2.45) is 5.41 Å². The highest BCUT2D eigenvalue weighted by molar-refractivity contribution is 7.89. The largest absolute Gasteiger partial charge is 0.317 e. The van der Waals surface area contributed by atoms with Gasteiger partial charge in [-0.05, 0) is 37.4 Å². The molecule has 0 amide bonds. The molecule has 1 aromatic rings. The summed E-state index contributed by atoms with van der Waals surface area (Å²) in [6.45, 7) is 4.19. The van der Waals surface area contributed by atoms with Gasteiger partial charge in [-0.2, -0.15) is 0 Å². The van der Waals surface area contributed by atoms with Gasteiger partial charge in [0.2, 0.25) is 10.0 Å². The van der Waals surface area contributed by atoms with Crippen LogP contribution in [-0.2, 0) is 10.0 Å². The summed E-state index contributed by atoms with van der Waals surface area (Å²) in [5.41, 5.74) is -0.0565. The molecule has 0 bridgehead atoms. The SMILES string of the molecule is CC1(CNS(=O)(=O)c2cncc(F)c2)CCNCC1. The quantitative estimate of drug-likeness (QED) is 0.863. The third-order valence-electron chi connectivity index (χ3n) is 3.49. The van der Waals surface area contributed by atoms with E-state index in [9.17, 15) is 12.8 Å². The molecule has 0 aliphatic carbocycles. The van der Waals surface area contributed by atoms with Crippen molar-refractivity contribution >= 4 is 10.0 Å². The van der Waals surface area contributed by atoms with Crippen molar-refractivity contribution in [2.45, 2.75) is 24.7 Å². The molecule has 1 aliphatic heterocycles. The van der Waals surface area contributed by atoms with Gasteiger partial charge in [0.25, 0.3) is 0 Å². The molecule has 1 fully saturated rings. The van der Waals surface area contributed by atoms with Crippen molar-refractivity contribution in [1.29, 1.82) is 0 Å². The lowest BCUT2D eigenvalue weighted by Crippen LogP contribution is -2.42. The van der Waals surface area contributed by atoms with Crippen LogP contribution in [0.25, 0.3) is 0 Å². The number of nitrogens with one attached hydrogen (secondary N) is 2. The van der Waals surface area contributed by atoms with Gasteiger partial charge in [0, 0.05) is 12.7 Å². The van der Waals surface area contributed by atoms with Gasteiger partial charge in [0.05, 0.1) is 6.20 Å². The number of piperidine rings is 1. The first kappa shape index (κ1) is 14.4. The molecule has 0 spiro atoms. The Labute approximate surface area is 112 Å². The molecule has 2 rings (SSSR count). The van der Waals surface area contributed by atoms with E-state index in [-0.39, 0.29) is 10.3 Å². The Bertz CT molecular complexity index is 542. The summed E-state index contributed by atoms with van der Waals surface area (Å²) >= 11 is 0. The van der Waals surface area contributed by atoms with Crippen LogP contribution in [0.1, 0.15) is 19.8 Å². The predicted octanol–water partition coefficient (Wildman–Crippen LogP) is 0.889. The molecule has 1 aromatic heterocycles. The molecule has 0 atom stereocenters. The second kappa shape index (κ2) is 5.52. The molecule has 0 saturated carbocycles. The van der Waals surface area contributed by atoms with E-state index in [1.807, 2.05) is 0 Å². The van der Waals surface area contributed by atoms with E-state index in [0.29, 0.717) is 6.54 Å². The van der Waals surface area contributed by atoms with Crippen LogP contribution in [0.3, 0.4) is 0 Å². The molecule has 0 radical (unpaired) electrons. The van der Waals surface area contributed by atoms with Crippen LogP contribution in [0.2, 0.25) is 0 Å². The second-order valence-electron chi connectivity index (χ2n) is 5.22. The topological polar surface area (TPSA) is 71.1 Å². The van der Waals surface area contributed by atoms with E-state index in [4.69, 9.17) is 0 Å². The Hall–Kier alpha value is -1.05. The second-order valence-corrected chi connectivity index (χ2v) is 6.99. The summed E-state index contributed by atoms with van der Waals surface area (Å²) in [6.07, 6.45) is 3.96. The molecule has 0 aromatic carbocycles. The third-order valence-corrected chi connectivity index (χ3v) is 4.86. The molecular weight excluding hydrogens is 269 g/mol. The number of nitrogens with zero attached hydrogens (tertiary/aromatic N) is 1. The summed E-state index contributed by atoms with van der Waals surface area (Å²) in [5.74, 6) is -0.657. The van der Waals surface area contributed by atoms with Crippen molar-refractivity contribution in [3.8, 4) is 0 Å². The van der Waals surface area contributed by atoms with Crippen LogP contribution in [0, 0.1) is 11.2 Å². The highest BCUT2D eigenvalue weighted by Gasteiger charge is 2.28. The molecule has 7 heteroatoms. The van der Waals surface area contributed by atoms with Crippen molar-refractivity contribution in [3.05, 3.63) is 24.3 Å². The predicted molar refractivity (Wildman–Crippen MR) is 69.6 cm³/mol. The van der Waals surface area contributed by atoms with Gasteiger partial charge in [-0.25, -0.2) is 17.5 Å². The fraction of sp³-hybridized carbons (Fsp3) is 0.583. The molecular formula is C12H18FN3O2S. The maximum atomic E-state index is 13.0. The molecule has 19 heavy (non-hydrogen) atoms. The Balaban J connectivity index is 2.05. The lowest BCUT2D eigenvalue weighted by molar-refractivity contribution is 0.232. The van der Waals surface area contributed by atoms with Crippen molar-refractivity contribution in [3.63, 3.8) is 0 Å². The van der Waals surface area contributed by atoms with E-state index in [0.717, 1.165) is 44.4 Å². The molecule has 2 heterocycles. The number of hydrogen-bond acceptors (Lipinski definition) is 4. The van der Waals surface area contributed by atoms with Gasteiger partial charge in [-0.15, -0.1) is 0 Å². The summed E-state index contributed by atoms with van der Waals surface area (Å²) in [5, 5.41) is 3.24. The van der Waals surface area contributed by atoms with Crippen molar-refractivity contribution < 1.29 is 12.8 Å². The fourth-order valence-electron chi connectivity index (χ4n) is 2.10. The van der Waals surface area contributed by atoms with Crippen LogP contribution < -0.4 is 10.0 Å². The average Bonchev–Trinajstić information content (AvgIpc) is 2.38. The Kier molecular flexibility index (Phi) is 4.17. The first-order valence-corrected chi connectivity index (χ1v) is 7.71. The standard InChI is InChI=1S/C12H18FN3O2S/c1-12(2-4-14-5-3-12)9-16-19(17,18)11-6-10(13)7-15-8-11/h6-8,14,16H,2-5,9H2,1H3. The van der Waals surface area contributed by atoms with Crippen LogP contribution in [0.4, 0.5) is 4.39 Å². The maximum absolute atomic E-state index is 13.0. The van der Waals surface area contributed by atoms with E-state index >= 15 is 0 Å². The van der Waals surface area contributed by atoms with Gasteiger partial charge in [-0.3, -0.25) is 4.98 Å². The molecule has 1 saturated heterocycles. The number of rotatable bonds is 4. The average molecular weight is 287 g/mol. The van der Waals surface area contributed by atoms with Crippen molar-refractivity contribution in [2.75, 3.05) is 19.6 Å². The first-order chi connectivity index (χ1) is 8.91. The van der Waals surface area contributed by atoms with E-state index in [2.05, 4.69) is 21.9 Å². The van der Waals surface area contributed by atoms with Gasteiger partial charge in [-0.1, -0.05) is 6.92 Å². The van der Waals surface area contributed by atoms with Crippen LogP contribution in [-0.4, -0.2) is 33.0 Å². The third kappa shape index (κ3) is 3.71. The Morgan fingerprint density at radius 3 is 2.74 bits per heavy atom. The summed E-state index contributed by atoms with van der Waals surface area (Å²) in [6, 6.07) is 0.972. The summed E-state index contributed by atoms with van der Waals surface area (Å²) in [7, 11) is -3.69. The minimum Gasteiger partial charge on any atom is -0.317 e. The van der Waals surface area contributed by atoms with Crippen LogP contribution in [0.15, 0.2) is 23.4 Å². The van der Waals surface area contributed by atoms with Crippen LogP contribution in [0.5, 0.6) is 0 Å². The zero-order valence-corrected chi connectivity index (χ0v) is 11.6. The highest BCUT2D eigenvalue weighted by atomic mass is 32.2. The molecule has 2 N–H and O–H groups in total. The van der Waals surface area contributed by atoms with E-state index < -0.39 is 15.8 Å². The number of hydrogen-bond donors (Lipinski definition) is 2. The minimum absolute atomic E-state index is 0.0565. The molecule has 106 valence electrons. The maximum Gasteiger partial charge on any atom is 0.242 e. The fourth-order valence-corrected chi connectivity index (χ4v) is 3.27. The number of aromatic nitrogens is 1. The Morgan fingerprint density at radius 1 is 1.42 bits per heavy atom.